The number of amides is 3. The van der Waals surface area contributed by atoms with Crippen molar-refractivity contribution in [3.63, 3.8) is 0 Å². The fourth-order valence-corrected chi connectivity index (χ4v) is 6.65. The monoisotopic (exact) mass is 612 g/mol. The molecule has 3 aromatic rings. The molecule has 0 bridgehead atoms. The molecule has 2 N–H and O–H groups in total. The number of rotatable bonds is 9. The number of aromatic nitrogens is 1. The molecule has 1 aliphatic carbocycles. The number of aryl methyl sites for hydroxylation is 1. The molecule has 0 spiro atoms. The molecule has 0 saturated carbocycles. The van der Waals surface area contributed by atoms with Gasteiger partial charge in [0.15, 0.2) is 0 Å². The topological polar surface area (TPSA) is 127 Å². The lowest BCUT2D eigenvalue weighted by Crippen LogP contribution is -2.51. The van der Waals surface area contributed by atoms with Crippen LogP contribution >= 0.6 is 0 Å². The molecule has 10 nitrogen and oxygen atoms in total. The van der Waals surface area contributed by atoms with Gasteiger partial charge in [-0.05, 0) is 61.4 Å². The van der Waals surface area contributed by atoms with Crippen LogP contribution in [0.25, 0.3) is 0 Å². The predicted molar refractivity (Wildman–Crippen MR) is 169 cm³/mol. The van der Waals surface area contributed by atoms with Crippen molar-refractivity contribution in [2.45, 2.75) is 56.4 Å². The number of nitrogens with zero attached hydrogens (tertiary/aromatic N) is 2. The predicted octanol–water partition coefficient (Wildman–Crippen LogP) is 3.04. The molecule has 0 radical (unpaired) electrons. The van der Waals surface area contributed by atoms with Gasteiger partial charge in [-0.25, -0.2) is 0 Å². The fourth-order valence-electron chi connectivity index (χ4n) is 6.65. The van der Waals surface area contributed by atoms with E-state index in [1.807, 2.05) is 59.5 Å². The minimum Gasteiger partial charge on any atom is -0.466 e. The summed E-state index contributed by atoms with van der Waals surface area (Å²) >= 11 is 0. The molecule has 236 valence electrons. The number of hydrogen-bond donors (Lipinski definition) is 2. The lowest BCUT2D eigenvalue weighted by molar-refractivity contribution is -0.143. The molecular formula is C35H40N4O6. The average Bonchev–Trinajstić information content (AvgIpc) is 3.06. The van der Waals surface area contributed by atoms with Crippen molar-refractivity contribution in [1.82, 2.24) is 20.1 Å². The highest BCUT2D eigenvalue weighted by atomic mass is 16.5. The molecule has 10 heteroatoms. The first-order valence-corrected chi connectivity index (χ1v) is 15.6. The number of nitrogens with one attached hydrogen (secondary N) is 2. The van der Waals surface area contributed by atoms with Gasteiger partial charge in [-0.2, -0.15) is 0 Å². The molecule has 2 atom stereocenters. The van der Waals surface area contributed by atoms with Crippen molar-refractivity contribution < 1.29 is 23.9 Å². The van der Waals surface area contributed by atoms with Crippen LogP contribution in [-0.2, 0) is 31.6 Å². The Morgan fingerprint density at radius 1 is 0.933 bits per heavy atom. The minimum atomic E-state index is -1.02. The van der Waals surface area contributed by atoms with Gasteiger partial charge in [0, 0.05) is 38.9 Å². The van der Waals surface area contributed by atoms with E-state index in [-0.39, 0.29) is 54.5 Å². The highest BCUT2D eigenvalue weighted by Crippen LogP contribution is 2.48. The second-order valence-electron chi connectivity index (χ2n) is 11.7. The van der Waals surface area contributed by atoms with Crippen molar-refractivity contribution in [3.8, 4) is 0 Å². The molecule has 1 fully saturated rings. The molecule has 1 aromatic heterocycles. The van der Waals surface area contributed by atoms with Crippen LogP contribution in [0.5, 0.6) is 0 Å². The van der Waals surface area contributed by atoms with Crippen molar-refractivity contribution in [1.29, 1.82) is 0 Å². The fraction of sp³-hybridized carbons (Fsp3) is 0.400. The molecule has 45 heavy (non-hydrogen) atoms. The highest BCUT2D eigenvalue weighted by molar-refractivity contribution is 5.95. The Hall–Kier alpha value is -4.73. The van der Waals surface area contributed by atoms with Crippen molar-refractivity contribution in [2.75, 3.05) is 26.2 Å². The molecular weight excluding hydrogens is 572 g/mol. The average molecular weight is 613 g/mol. The van der Waals surface area contributed by atoms with Crippen LogP contribution in [0.15, 0.2) is 77.7 Å². The normalized spacial score (nSPS) is 19.7. The van der Waals surface area contributed by atoms with E-state index in [0.29, 0.717) is 38.8 Å². The first-order valence-electron chi connectivity index (χ1n) is 15.6. The van der Waals surface area contributed by atoms with E-state index in [0.717, 1.165) is 16.7 Å². The van der Waals surface area contributed by atoms with Gasteiger partial charge in [0.05, 0.1) is 24.4 Å². The van der Waals surface area contributed by atoms with E-state index < -0.39 is 17.2 Å². The second-order valence-corrected chi connectivity index (χ2v) is 11.7. The minimum absolute atomic E-state index is 0.00790. The first kappa shape index (κ1) is 31.7. The van der Waals surface area contributed by atoms with Crippen LogP contribution in [0.2, 0.25) is 0 Å². The lowest BCUT2D eigenvalue weighted by Gasteiger charge is -2.42. The summed E-state index contributed by atoms with van der Waals surface area (Å²) < 4.78 is 6.39. The number of esters is 1. The molecule has 0 unspecified atom stereocenters. The van der Waals surface area contributed by atoms with Gasteiger partial charge in [0.1, 0.15) is 5.56 Å². The summed E-state index contributed by atoms with van der Waals surface area (Å²) in [6.07, 6.45) is 3.74. The summed E-state index contributed by atoms with van der Waals surface area (Å²) in [5, 5.41) is 5.94. The van der Waals surface area contributed by atoms with Crippen LogP contribution in [0, 0.1) is 0 Å². The van der Waals surface area contributed by atoms with E-state index in [9.17, 15) is 24.0 Å². The summed E-state index contributed by atoms with van der Waals surface area (Å²) in [6, 6.07) is 20.3. The zero-order valence-electron chi connectivity index (χ0n) is 25.8. The van der Waals surface area contributed by atoms with E-state index >= 15 is 0 Å². The number of carbonyl (C=O) groups is 4. The summed E-state index contributed by atoms with van der Waals surface area (Å²) in [6.45, 7) is 3.14. The summed E-state index contributed by atoms with van der Waals surface area (Å²) in [4.78, 5) is 67.0. The Bertz CT molecular complexity index is 1610. The third-order valence-corrected chi connectivity index (χ3v) is 8.99. The zero-order chi connectivity index (χ0) is 32.0. The Morgan fingerprint density at radius 3 is 2.38 bits per heavy atom. The number of ether oxygens (including phenoxy) is 1. The van der Waals surface area contributed by atoms with Crippen LogP contribution < -0.4 is 16.2 Å². The first-order chi connectivity index (χ1) is 21.8. The van der Waals surface area contributed by atoms with E-state index in [1.54, 1.807) is 26.2 Å². The molecule has 2 heterocycles. The van der Waals surface area contributed by atoms with Crippen LogP contribution in [0.3, 0.4) is 0 Å². The van der Waals surface area contributed by atoms with Gasteiger partial charge in [-0.1, -0.05) is 54.6 Å². The number of likely N-dealkylation sites (tertiary alicyclic amines) is 1. The summed E-state index contributed by atoms with van der Waals surface area (Å²) in [7, 11) is 1.61. The third kappa shape index (κ3) is 6.55. The maximum Gasteiger partial charge on any atom is 0.307 e. The third-order valence-electron chi connectivity index (χ3n) is 8.99. The van der Waals surface area contributed by atoms with Crippen molar-refractivity contribution in [3.05, 3.63) is 106 Å². The smallest absolute Gasteiger partial charge is 0.307 e. The summed E-state index contributed by atoms with van der Waals surface area (Å²) in [5.74, 6) is -1.38. The second kappa shape index (κ2) is 13.9. The Morgan fingerprint density at radius 2 is 1.64 bits per heavy atom. The molecule has 2 aliphatic rings. The van der Waals surface area contributed by atoms with Gasteiger partial charge >= 0.3 is 5.97 Å². The SMILES string of the molecule is CCOC(=O)CCNC(=O)[C@@]1(c2ccccc2)CC[C@H](C(=O)N2CCC(NC(=O)c3cccn(C)c3=O)CC2)c2ccccc21. The molecule has 2 aromatic carbocycles. The van der Waals surface area contributed by atoms with Gasteiger partial charge < -0.3 is 24.8 Å². The van der Waals surface area contributed by atoms with Crippen LogP contribution in [0.4, 0.5) is 0 Å². The Kier molecular flexibility index (Phi) is 9.80. The number of carbonyl (C=O) groups excluding carboxylic acids is 4. The Balaban J connectivity index is 1.32. The van der Waals surface area contributed by atoms with E-state index in [1.165, 1.54) is 10.6 Å². The van der Waals surface area contributed by atoms with Crippen LogP contribution in [-0.4, -0.2) is 65.4 Å². The lowest BCUT2D eigenvalue weighted by atomic mass is 9.62. The van der Waals surface area contributed by atoms with Crippen molar-refractivity contribution in [2.24, 2.45) is 7.05 Å². The maximum atomic E-state index is 14.1. The molecule has 3 amide bonds. The van der Waals surface area contributed by atoms with Gasteiger partial charge in [-0.15, -0.1) is 0 Å². The van der Waals surface area contributed by atoms with E-state index in [2.05, 4.69) is 10.6 Å². The maximum absolute atomic E-state index is 14.1. The van der Waals surface area contributed by atoms with Crippen LogP contribution in [0.1, 0.15) is 72.0 Å². The molecule has 5 rings (SSSR count). The Labute approximate surface area is 262 Å². The van der Waals surface area contributed by atoms with E-state index in [4.69, 9.17) is 4.74 Å². The van der Waals surface area contributed by atoms with Gasteiger partial charge in [-0.3, -0.25) is 24.0 Å². The molecule has 1 saturated heterocycles. The quantitative estimate of drug-likeness (QED) is 0.358. The van der Waals surface area contributed by atoms with Gasteiger partial charge in [0.25, 0.3) is 11.5 Å². The summed E-state index contributed by atoms with van der Waals surface area (Å²) in [5.41, 5.74) is 1.19. The number of pyridine rings is 1. The standard InChI is InChI=1S/C35H40N4O6/c1-3-45-30(40)16-20-36-34(44)35(24-10-5-4-6-11-24)19-15-27(26-12-7-8-14-29(26)35)33(43)39-22-17-25(18-23-39)37-31(41)28-13-9-21-38(2)32(28)42/h4-14,21,25,27H,3,15-20,22-23H2,1-2H3,(H,36,44)(H,37,41)/t27-,35+/m0/s1. The van der Waals surface area contributed by atoms with Crippen molar-refractivity contribution >= 4 is 23.7 Å². The number of piperidine rings is 1. The number of fused-ring (bicyclic) bond motifs is 1. The number of hydrogen-bond acceptors (Lipinski definition) is 6. The zero-order valence-corrected chi connectivity index (χ0v) is 25.8. The highest BCUT2D eigenvalue weighted by Gasteiger charge is 2.48. The number of benzene rings is 2. The van der Waals surface area contributed by atoms with Gasteiger partial charge in [0.2, 0.25) is 11.8 Å². The largest absolute Gasteiger partial charge is 0.466 e. The molecule has 1 aliphatic heterocycles.